The Labute approximate surface area is 120 Å². The maximum absolute atomic E-state index is 12.1. The zero-order valence-corrected chi connectivity index (χ0v) is 12.5. The summed E-state index contributed by atoms with van der Waals surface area (Å²) in [5.41, 5.74) is 0.530. The third kappa shape index (κ3) is 5.30. The minimum atomic E-state index is -0.247. The molecular weight excluding hydrogens is 256 g/mol. The van der Waals surface area contributed by atoms with Crippen LogP contribution in [0.3, 0.4) is 0 Å². The van der Waals surface area contributed by atoms with Crippen LogP contribution in [0.2, 0.25) is 0 Å². The molecule has 0 aromatic heterocycles. The molecule has 5 heteroatoms. The van der Waals surface area contributed by atoms with Crippen molar-refractivity contribution in [1.82, 2.24) is 5.32 Å². The Kier molecular flexibility index (Phi) is 6.56. The van der Waals surface area contributed by atoms with E-state index in [1.807, 2.05) is 6.92 Å². The van der Waals surface area contributed by atoms with Crippen molar-refractivity contribution in [2.45, 2.75) is 20.8 Å². The van der Waals surface area contributed by atoms with Gasteiger partial charge in [-0.1, -0.05) is 13.8 Å². The summed E-state index contributed by atoms with van der Waals surface area (Å²) in [4.78, 5) is 16.3. The molecule has 1 aromatic carbocycles. The second kappa shape index (κ2) is 8.19. The molecule has 0 saturated heterocycles. The third-order valence-electron chi connectivity index (χ3n) is 2.45. The molecule has 0 radical (unpaired) electrons. The van der Waals surface area contributed by atoms with Crippen LogP contribution in [0, 0.1) is 5.92 Å². The van der Waals surface area contributed by atoms with Gasteiger partial charge in [0.1, 0.15) is 5.75 Å². The Bertz CT molecular complexity index is 453. The average Bonchev–Trinajstić information content (AvgIpc) is 2.45. The van der Waals surface area contributed by atoms with Crippen molar-refractivity contribution in [1.29, 1.82) is 0 Å². The van der Waals surface area contributed by atoms with Gasteiger partial charge < -0.3 is 9.47 Å². The summed E-state index contributed by atoms with van der Waals surface area (Å²) in [7, 11) is 1.58. The maximum atomic E-state index is 12.1. The number of hydrogen-bond donors (Lipinski definition) is 1. The van der Waals surface area contributed by atoms with Crippen LogP contribution < -0.4 is 10.1 Å². The molecule has 0 spiro atoms. The Balaban J connectivity index is 2.71. The Morgan fingerprint density at radius 2 is 1.95 bits per heavy atom. The van der Waals surface area contributed by atoms with Crippen molar-refractivity contribution >= 4 is 11.9 Å². The Hall–Kier alpha value is -2.04. The molecule has 20 heavy (non-hydrogen) atoms. The van der Waals surface area contributed by atoms with E-state index in [4.69, 9.17) is 9.47 Å². The first-order chi connectivity index (χ1) is 9.56. The second-order valence-corrected chi connectivity index (χ2v) is 4.66. The van der Waals surface area contributed by atoms with Gasteiger partial charge in [0, 0.05) is 12.1 Å². The van der Waals surface area contributed by atoms with Gasteiger partial charge in [0.25, 0.3) is 11.9 Å². The van der Waals surface area contributed by atoms with E-state index in [1.54, 1.807) is 31.4 Å². The number of nitrogens with one attached hydrogen (secondary N) is 1. The van der Waals surface area contributed by atoms with E-state index in [9.17, 15) is 4.79 Å². The number of aliphatic imine (C=N–C) groups is 1. The molecule has 5 nitrogen and oxygen atoms in total. The van der Waals surface area contributed by atoms with Crippen LogP contribution in [-0.4, -0.2) is 32.2 Å². The number of carbonyl (C=O) groups is 1. The predicted octanol–water partition coefficient (Wildman–Crippen LogP) is 2.47. The maximum Gasteiger partial charge on any atom is 0.291 e. The van der Waals surface area contributed by atoms with Gasteiger partial charge in [0.2, 0.25) is 0 Å². The molecule has 0 fully saturated rings. The topological polar surface area (TPSA) is 59.9 Å². The number of amidine groups is 1. The lowest BCUT2D eigenvalue weighted by atomic mass is 10.2. The molecule has 0 bridgehead atoms. The van der Waals surface area contributed by atoms with Crippen molar-refractivity contribution in [3.05, 3.63) is 29.8 Å². The van der Waals surface area contributed by atoms with Crippen molar-refractivity contribution in [3.8, 4) is 5.75 Å². The van der Waals surface area contributed by atoms with Gasteiger partial charge in [-0.15, -0.1) is 0 Å². The summed E-state index contributed by atoms with van der Waals surface area (Å²) >= 11 is 0. The lowest BCUT2D eigenvalue weighted by molar-refractivity contribution is 0.0966. The van der Waals surface area contributed by atoms with Gasteiger partial charge in [0.05, 0.1) is 13.7 Å². The van der Waals surface area contributed by atoms with E-state index in [0.717, 1.165) is 0 Å². The van der Waals surface area contributed by atoms with Crippen molar-refractivity contribution in [2.24, 2.45) is 10.9 Å². The summed E-state index contributed by atoms with van der Waals surface area (Å²) in [6, 6.07) is 7.13. The predicted molar refractivity (Wildman–Crippen MR) is 79.2 cm³/mol. The van der Waals surface area contributed by atoms with Gasteiger partial charge >= 0.3 is 0 Å². The fourth-order valence-corrected chi connectivity index (χ4v) is 1.44. The van der Waals surface area contributed by atoms with Crippen LogP contribution in [0.4, 0.5) is 0 Å². The van der Waals surface area contributed by atoms with Gasteiger partial charge in [0.15, 0.2) is 0 Å². The highest BCUT2D eigenvalue weighted by Gasteiger charge is 2.10. The van der Waals surface area contributed by atoms with Crippen LogP contribution in [0.1, 0.15) is 31.1 Å². The molecular formula is C15H22N2O3. The van der Waals surface area contributed by atoms with Gasteiger partial charge in [-0.3, -0.25) is 10.1 Å². The summed E-state index contributed by atoms with van der Waals surface area (Å²) < 4.78 is 10.4. The zero-order valence-electron chi connectivity index (χ0n) is 12.5. The van der Waals surface area contributed by atoms with Crippen LogP contribution in [0.25, 0.3) is 0 Å². The fraction of sp³-hybridized carbons (Fsp3) is 0.467. The first-order valence-electron chi connectivity index (χ1n) is 6.69. The highest BCUT2D eigenvalue weighted by molar-refractivity contribution is 6.04. The molecule has 0 unspecified atom stereocenters. The first-order valence-corrected chi connectivity index (χ1v) is 6.69. The largest absolute Gasteiger partial charge is 0.497 e. The number of ether oxygens (including phenoxy) is 2. The van der Waals surface area contributed by atoms with Crippen molar-refractivity contribution < 1.29 is 14.3 Å². The van der Waals surface area contributed by atoms with Gasteiger partial charge in [-0.25, -0.2) is 4.99 Å². The molecule has 1 amide bonds. The molecule has 0 aliphatic rings. The van der Waals surface area contributed by atoms with Gasteiger partial charge in [-0.05, 0) is 37.1 Å². The molecule has 0 saturated carbocycles. The number of benzene rings is 1. The molecule has 0 aliphatic heterocycles. The normalized spacial score (nSPS) is 11.3. The minimum absolute atomic E-state index is 0.247. The molecule has 1 aromatic rings. The van der Waals surface area contributed by atoms with E-state index in [1.165, 1.54) is 0 Å². The van der Waals surface area contributed by atoms with Crippen molar-refractivity contribution in [3.63, 3.8) is 0 Å². The van der Waals surface area contributed by atoms with Gasteiger partial charge in [-0.2, -0.15) is 0 Å². The lowest BCUT2D eigenvalue weighted by Crippen LogP contribution is -2.33. The van der Waals surface area contributed by atoms with E-state index >= 15 is 0 Å². The van der Waals surface area contributed by atoms with E-state index in [0.29, 0.717) is 30.4 Å². The Morgan fingerprint density at radius 3 is 2.45 bits per heavy atom. The van der Waals surface area contributed by atoms with Crippen molar-refractivity contribution in [2.75, 3.05) is 20.3 Å². The SMILES string of the molecule is CCOC(=NCC(C)C)NC(=O)c1ccc(OC)cc1. The fourth-order valence-electron chi connectivity index (χ4n) is 1.44. The minimum Gasteiger partial charge on any atom is -0.497 e. The number of nitrogens with zero attached hydrogens (tertiary/aromatic N) is 1. The highest BCUT2D eigenvalue weighted by Crippen LogP contribution is 2.11. The monoisotopic (exact) mass is 278 g/mol. The summed E-state index contributed by atoms with van der Waals surface area (Å²) in [5.74, 6) is 0.868. The molecule has 0 heterocycles. The molecule has 110 valence electrons. The summed E-state index contributed by atoms with van der Waals surface area (Å²) in [6.45, 7) is 7.03. The number of amides is 1. The number of hydrogen-bond acceptors (Lipinski definition) is 4. The highest BCUT2D eigenvalue weighted by atomic mass is 16.5. The van der Waals surface area contributed by atoms with Crippen LogP contribution >= 0.6 is 0 Å². The average molecular weight is 278 g/mol. The second-order valence-electron chi connectivity index (χ2n) is 4.66. The number of methoxy groups -OCH3 is 1. The number of carbonyl (C=O) groups excluding carboxylic acids is 1. The third-order valence-corrected chi connectivity index (χ3v) is 2.45. The quantitative estimate of drug-likeness (QED) is 0.665. The Morgan fingerprint density at radius 1 is 1.30 bits per heavy atom. The molecule has 1 rings (SSSR count). The molecule has 0 aliphatic carbocycles. The van der Waals surface area contributed by atoms with E-state index < -0.39 is 0 Å². The summed E-state index contributed by atoms with van der Waals surface area (Å²) in [6.07, 6.45) is 0. The van der Waals surface area contributed by atoms with E-state index in [-0.39, 0.29) is 11.9 Å². The standard InChI is InChI=1S/C15H22N2O3/c1-5-20-15(16-10-11(2)3)17-14(18)12-6-8-13(19-4)9-7-12/h6-9,11H,5,10H2,1-4H3,(H,16,17,18). The first kappa shape index (κ1) is 16.0. The van der Waals surface area contributed by atoms with Crippen LogP contribution in [0.5, 0.6) is 5.75 Å². The van der Waals surface area contributed by atoms with Crippen LogP contribution in [0.15, 0.2) is 29.3 Å². The molecule has 1 N–H and O–H groups in total. The lowest BCUT2D eigenvalue weighted by Gasteiger charge is -2.10. The molecule has 0 atom stereocenters. The number of rotatable bonds is 5. The zero-order chi connectivity index (χ0) is 15.0. The van der Waals surface area contributed by atoms with Crippen LogP contribution in [-0.2, 0) is 4.74 Å². The van der Waals surface area contributed by atoms with E-state index in [2.05, 4.69) is 24.2 Å². The summed E-state index contributed by atoms with van der Waals surface area (Å²) in [5, 5.41) is 2.68. The smallest absolute Gasteiger partial charge is 0.291 e.